The molecule has 0 bridgehead atoms. The van der Waals surface area contributed by atoms with Gasteiger partial charge in [-0.05, 0) is 54.4 Å². The van der Waals surface area contributed by atoms with Crippen LogP contribution < -0.4 is 5.32 Å². The maximum atomic E-state index is 13.7. The van der Waals surface area contributed by atoms with Crippen molar-refractivity contribution in [2.75, 3.05) is 31.6 Å². The molecule has 2 heterocycles. The van der Waals surface area contributed by atoms with Gasteiger partial charge in [0.25, 0.3) is 5.91 Å². The molecule has 5 nitrogen and oxygen atoms in total. The Morgan fingerprint density at radius 3 is 2.65 bits per heavy atom. The Labute approximate surface area is 177 Å². The van der Waals surface area contributed by atoms with E-state index >= 15 is 0 Å². The third kappa shape index (κ3) is 4.86. The highest BCUT2D eigenvalue weighted by Gasteiger charge is 2.34. The van der Waals surface area contributed by atoms with Crippen LogP contribution in [-0.4, -0.2) is 42.1 Å². The number of halogens is 3. The number of aryl methyl sites for hydroxylation is 1. The van der Waals surface area contributed by atoms with Crippen molar-refractivity contribution >= 4 is 22.5 Å². The molecule has 0 aliphatic carbocycles. The quantitative estimate of drug-likeness (QED) is 0.656. The van der Waals surface area contributed by atoms with Crippen LogP contribution in [0, 0.1) is 6.92 Å². The van der Waals surface area contributed by atoms with Crippen LogP contribution in [-0.2, 0) is 17.5 Å². The first-order valence-corrected chi connectivity index (χ1v) is 9.98. The average Bonchev–Trinajstić information content (AvgIpc) is 2.75. The number of rotatable bonds is 4. The number of carbonyl (C=O) groups is 1. The lowest BCUT2D eigenvalue weighted by atomic mass is 10.0. The van der Waals surface area contributed by atoms with Crippen LogP contribution in [0.5, 0.6) is 0 Å². The summed E-state index contributed by atoms with van der Waals surface area (Å²) in [5.41, 5.74) is 1.62. The van der Waals surface area contributed by atoms with E-state index < -0.39 is 17.6 Å². The fourth-order valence-electron chi connectivity index (χ4n) is 3.68. The molecule has 1 amide bonds. The van der Waals surface area contributed by atoms with Gasteiger partial charge in [0.05, 0.1) is 24.3 Å². The highest BCUT2D eigenvalue weighted by atomic mass is 19.4. The van der Waals surface area contributed by atoms with E-state index in [2.05, 4.69) is 10.3 Å². The Kier molecular flexibility index (Phi) is 5.93. The molecule has 1 aromatic heterocycles. The molecule has 0 atom stereocenters. The van der Waals surface area contributed by atoms with E-state index in [4.69, 9.17) is 4.74 Å². The second-order valence-electron chi connectivity index (χ2n) is 7.57. The van der Waals surface area contributed by atoms with Crippen LogP contribution >= 0.6 is 0 Å². The Balaban J connectivity index is 1.58. The highest BCUT2D eigenvalue weighted by molar-refractivity contribution is 6.06. The molecule has 2 aromatic carbocycles. The molecule has 0 radical (unpaired) electrons. The van der Waals surface area contributed by atoms with Crippen molar-refractivity contribution in [3.63, 3.8) is 0 Å². The van der Waals surface area contributed by atoms with E-state index in [0.29, 0.717) is 31.9 Å². The first kappa shape index (κ1) is 21.3. The van der Waals surface area contributed by atoms with Crippen molar-refractivity contribution in [2.24, 2.45) is 0 Å². The van der Waals surface area contributed by atoms with Crippen LogP contribution in [0.2, 0.25) is 0 Å². The summed E-state index contributed by atoms with van der Waals surface area (Å²) >= 11 is 0. The zero-order valence-electron chi connectivity index (χ0n) is 17.0. The molecule has 1 fully saturated rings. The van der Waals surface area contributed by atoms with Crippen LogP contribution in [0.3, 0.4) is 0 Å². The lowest BCUT2D eigenvalue weighted by Gasteiger charge is -2.27. The summed E-state index contributed by atoms with van der Waals surface area (Å²) < 4.78 is 46.4. The minimum Gasteiger partial charge on any atom is -0.379 e. The average molecular weight is 429 g/mol. The second kappa shape index (κ2) is 8.64. The van der Waals surface area contributed by atoms with Gasteiger partial charge in [-0.3, -0.25) is 14.7 Å². The molecule has 0 saturated carbocycles. The van der Waals surface area contributed by atoms with E-state index in [1.165, 1.54) is 12.1 Å². The zero-order chi connectivity index (χ0) is 22.0. The number of hydrogen-bond donors (Lipinski definition) is 1. The number of amides is 1. The summed E-state index contributed by atoms with van der Waals surface area (Å²) in [6.45, 7) is 4.29. The first-order chi connectivity index (χ1) is 14.8. The van der Waals surface area contributed by atoms with Crippen LogP contribution in [0.25, 0.3) is 10.9 Å². The number of nitrogens with zero attached hydrogens (tertiary/aromatic N) is 2. The van der Waals surface area contributed by atoms with Gasteiger partial charge in [0.2, 0.25) is 0 Å². The third-order valence-electron chi connectivity index (χ3n) is 5.39. The number of fused-ring (bicyclic) bond motifs is 1. The van der Waals surface area contributed by atoms with Gasteiger partial charge in [0.1, 0.15) is 0 Å². The molecule has 4 rings (SSSR count). The largest absolute Gasteiger partial charge is 0.416 e. The van der Waals surface area contributed by atoms with Gasteiger partial charge < -0.3 is 10.1 Å². The summed E-state index contributed by atoms with van der Waals surface area (Å²) in [5.74, 6) is -0.473. The van der Waals surface area contributed by atoms with Crippen molar-refractivity contribution < 1.29 is 22.7 Å². The number of aromatic nitrogens is 1. The summed E-state index contributed by atoms with van der Waals surface area (Å²) in [6, 6.07) is 10.8. The second-order valence-corrected chi connectivity index (χ2v) is 7.57. The smallest absolute Gasteiger partial charge is 0.379 e. The monoisotopic (exact) mass is 429 g/mol. The van der Waals surface area contributed by atoms with Crippen molar-refractivity contribution in [2.45, 2.75) is 19.6 Å². The highest BCUT2D eigenvalue weighted by Crippen LogP contribution is 2.34. The summed E-state index contributed by atoms with van der Waals surface area (Å²) in [5, 5.41) is 3.42. The van der Waals surface area contributed by atoms with Crippen LogP contribution in [0.15, 0.2) is 48.7 Å². The van der Waals surface area contributed by atoms with Gasteiger partial charge in [-0.25, -0.2) is 0 Å². The maximum Gasteiger partial charge on any atom is 0.416 e. The fraction of sp³-hybridized carbons (Fsp3) is 0.304. The molecular formula is C23H22F3N3O2. The molecule has 0 unspecified atom stereocenters. The number of pyridine rings is 1. The number of nitrogens with one attached hydrogen (secondary N) is 1. The predicted molar refractivity (Wildman–Crippen MR) is 112 cm³/mol. The van der Waals surface area contributed by atoms with E-state index in [1.54, 1.807) is 24.4 Å². The summed E-state index contributed by atoms with van der Waals surface area (Å²) in [6.07, 6.45) is -2.83. The number of anilines is 1. The van der Waals surface area contributed by atoms with E-state index in [9.17, 15) is 18.0 Å². The minimum atomic E-state index is -4.52. The lowest BCUT2D eigenvalue weighted by molar-refractivity contribution is -0.138. The predicted octanol–water partition coefficient (Wildman–Crippen LogP) is 4.65. The topological polar surface area (TPSA) is 54.5 Å². The number of hydrogen-bond acceptors (Lipinski definition) is 4. The van der Waals surface area contributed by atoms with Crippen LogP contribution in [0.1, 0.15) is 27.0 Å². The zero-order valence-corrected chi connectivity index (χ0v) is 17.0. The lowest BCUT2D eigenvalue weighted by Crippen LogP contribution is -2.36. The SMILES string of the molecule is Cc1ccnc2ccc(C(=O)Nc3ccc(CN4CCOCC4)c(C(F)(F)F)c3)cc12. The molecule has 1 saturated heterocycles. The standard InChI is InChI=1S/C23H22F3N3O2/c1-15-6-7-27-21-5-3-16(12-19(15)21)22(30)28-18-4-2-17(20(13-18)23(24,25)26)14-29-8-10-31-11-9-29/h2-7,12-13H,8-11,14H2,1H3,(H,28,30). The van der Waals surface area contributed by atoms with Crippen molar-refractivity contribution in [1.82, 2.24) is 9.88 Å². The van der Waals surface area contributed by atoms with Crippen molar-refractivity contribution in [1.29, 1.82) is 0 Å². The number of benzene rings is 2. The molecule has 1 N–H and O–H groups in total. The molecule has 31 heavy (non-hydrogen) atoms. The normalized spacial score (nSPS) is 15.2. The summed E-state index contributed by atoms with van der Waals surface area (Å²) in [4.78, 5) is 18.9. The molecular weight excluding hydrogens is 407 g/mol. The number of ether oxygens (including phenoxy) is 1. The molecule has 1 aliphatic heterocycles. The first-order valence-electron chi connectivity index (χ1n) is 9.98. The Hall–Kier alpha value is -2.97. The summed E-state index contributed by atoms with van der Waals surface area (Å²) in [7, 11) is 0. The van der Waals surface area contributed by atoms with Gasteiger partial charge in [-0.15, -0.1) is 0 Å². The molecule has 1 aliphatic rings. The molecule has 8 heteroatoms. The van der Waals surface area contributed by atoms with Crippen molar-refractivity contribution in [3.05, 3.63) is 70.9 Å². The Bertz CT molecular complexity index is 1110. The van der Waals surface area contributed by atoms with Gasteiger partial charge in [-0.2, -0.15) is 13.2 Å². The number of morpholine rings is 1. The van der Waals surface area contributed by atoms with E-state index in [-0.39, 0.29) is 17.8 Å². The van der Waals surface area contributed by atoms with Gasteiger partial charge in [0, 0.05) is 42.5 Å². The van der Waals surface area contributed by atoms with Gasteiger partial charge in [-0.1, -0.05) is 6.07 Å². The molecule has 162 valence electrons. The van der Waals surface area contributed by atoms with Gasteiger partial charge >= 0.3 is 6.18 Å². The Morgan fingerprint density at radius 1 is 1.13 bits per heavy atom. The van der Waals surface area contributed by atoms with Crippen molar-refractivity contribution in [3.8, 4) is 0 Å². The minimum absolute atomic E-state index is 0.103. The number of alkyl halides is 3. The molecule has 0 spiro atoms. The Morgan fingerprint density at radius 2 is 1.90 bits per heavy atom. The third-order valence-corrected chi connectivity index (χ3v) is 5.39. The molecule has 3 aromatic rings. The van der Waals surface area contributed by atoms with E-state index in [1.807, 2.05) is 17.9 Å². The fourth-order valence-corrected chi connectivity index (χ4v) is 3.68. The van der Waals surface area contributed by atoms with Crippen LogP contribution in [0.4, 0.5) is 18.9 Å². The number of carbonyl (C=O) groups excluding carboxylic acids is 1. The van der Waals surface area contributed by atoms with Gasteiger partial charge in [0.15, 0.2) is 0 Å². The van der Waals surface area contributed by atoms with E-state index in [0.717, 1.165) is 22.5 Å². The maximum absolute atomic E-state index is 13.7.